The molecule has 5 nitrogen and oxygen atoms in total. The molecule has 5 heteroatoms. The molecule has 0 aromatic carbocycles. The molecule has 0 radical (unpaired) electrons. The van der Waals surface area contributed by atoms with E-state index in [9.17, 15) is 0 Å². The fraction of sp³-hybridized carbons (Fsp3) is 0.417. The molecule has 0 aliphatic heterocycles. The van der Waals surface area contributed by atoms with Gasteiger partial charge in [-0.25, -0.2) is 15.0 Å². The van der Waals surface area contributed by atoms with Crippen LogP contribution in [0.15, 0.2) is 18.5 Å². The zero-order valence-electron chi connectivity index (χ0n) is 10.4. The lowest BCUT2D eigenvalue weighted by Gasteiger charge is -2.07. The van der Waals surface area contributed by atoms with E-state index in [0.717, 1.165) is 29.7 Å². The standard InChI is InChI=1S/C12H17N5/c1-4-17-8-9(2)15-12(17)14-7-11-5-6-13-10(3)16-11/h5-6,8H,4,7H2,1-3H3,(H,14,15). The second kappa shape index (κ2) is 4.95. The smallest absolute Gasteiger partial charge is 0.203 e. The van der Waals surface area contributed by atoms with E-state index in [0.29, 0.717) is 6.54 Å². The van der Waals surface area contributed by atoms with Crippen LogP contribution in [0, 0.1) is 13.8 Å². The summed E-state index contributed by atoms with van der Waals surface area (Å²) >= 11 is 0. The van der Waals surface area contributed by atoms with Crippen LogP contribution in [0.5, 0.6) is 0 Å². The molecular formula is C12H17N5. The Morgan fingerprint density at radius 3 is 2.82 bits per heavy atom. The second-order valence-electron chi connectivity index (χ2n) is 3.94. The molecule has 2 aromatic heterocycles. The van der Waals surface area contributed by atoms with Crippen molar-refractivity contribution in [2.75, 3.05) is 5.32 Å². The van der Waals surface area contributed by atoms with E-state index in [4.69, 9.17) is 0 Å². The summed E-state index contributed by atoms with van der Waals surface area (Å²) in [5.74, 6) is 1.68. The molecule has 0 unspecified atom stereocenters. The maximum atomic E-state index is 4.43. The monoisotopic (exact) mass is 231 g/mol. The summed E-state index contributed by atoms with van der Waals surface area (Å²) in [5.41, 5.74) is 1.99. The Morgan fingerprint density at radius 2 is 2.12 bits per heavy atom. The van der Waals surface area contributed by atoms with Crippen LogP contribution in [-0.4, -0.2) is 19.5 Å². The third kappa shape index (κ3) is 2.81. The highest BCUT2D eigenvalue weighted by atomic mass is 15.2. The van der Waals surface area contributed by atoms with Crippen molar-refractivity contribution >= 4 is 5.95 Å². The van der Waals surface area contributed by atoms with E-state index in [1.165, 1.54) is 0 Å². The van der Waals surface area contributed by atoms with Crippen LogP contribution in [0.4, 0.5) is 5.95 Å². The summed E-state index contributed by atoms with van der Waals surface area (Å²) < 4.78 is 2.09. The van der Waals surface area contributed by atoms with E-state index in [1.807, 2.05) is 26.1 Å². The Morgan fingerprint density at radius 1 is 1.29 bits per heavy atom. The summed E-state index contributed by atoms with van der Waals surface area (Å²) in [6, 6.07) is 1.91. The van der Waals surface area contributed by atoms with Crippen LogP contribution in [0.25, 0.3) is 0 Å². The van der Waals surface area contributed by atoms with Gasteiger partial charge in [-0.15, -0.1) is 0 Å². The van der Waals surface area contributed by atoms with Crippen molar-refractivity contribution < 1.29 is 0 Å². The van der Waals surface area contributed by atoms with Gasteiger partial charge in [-0.3, -0.25) is 0 Å². The van der Waals surface area contributed by atoms with Crippen LogP contribution in [-0.2, 0) is 13.1 Å². The predicted molar refractivity (Wildman–Crippen MR) is 66.7 cm³/mol. The molecule has 0 aliphatic carbocycles. The Kier molecular flexibility index (Phi) is 3.37. The SMILES string of the molecule is CCn1cc(C)nc1NCc1ccnc(C)n1. The first-order chi connectivity index (χ1) is 8.19. The number of nitrogens with one attached hydrogen (secondary N) is 1. The Balaban J connectivity index is 2.06. The lowest BCUT2D eigenvalue weighted by Crippen LogP contribution is -2.08. The van der Waals surface area contributed by atoms with Gasteiger partial charge in [0.1, 0.15) is 5.82 Å². The molecular weight excluding hydrogens is 214 g/mol. The average molecular weight is 231 g/mol. The van der Waals surface area contributed by atoms with Crippen LogP contribution >= 0.6 is 0 Å². The van der Waals surface area contributed by atoms with Crippen molar-refractivity contribution in [3.63, 3.8) is 0 Å². The van der Waals surface area contributed by atoms with E-state index >= 15 is 0 Å². The number of aryl methyl sites for hydroxylation is 3. The minimum absolute atomic E-state index is 0.666. The summed E-state index contributed by atoms with van der Waals surface area (Å²) in [6.07, 6.45) is 3.81. The Bertz CT molecular complexity index is 503. The quantitative estimate of drug-likeness (QED) is 0.873. The van der Waals surface area contributed by atoms with Crippen LogP contribution < -0.4 is 5.32 Å². The van der Waals surface area contributed by atoms with Crippen LogP contribution in [0.2, 0.25) is 0 Å². The molecule has 0 saturated carbocycles. The molecule has 0 amide bonds. The van der Waals surface area contributed by atoms with Gasteiger partial charge < -0.3 is 9.88 Å². The highest BCUT2D eigenvalue weighted by Crippen LogP contribution is 2.09. The Hall–Kier alpha value is -1.91. The molecule has 0 atom stereocenters. The number of hydrogen-bond donors (Lipinski definition) is 1. The Labute approximate surface area is 101 Å². The number of imidazole rings is 1. The van der Waals surface area contributed by atoms with Crippen molar-refractivity contribution in [3.05, 3.63) is 35.7 Å². The van der Waals surface area contributed by atoms with Gasteiger partial charge in [0.25, 0.3) is 0 Å². The third-order valence-corrected chi connectivity index (χ3v) is 2.50. The fourth-order valence-electron chi connectivity index (χ4n) is 1.70. The first-order valence-electron chi connectivity index (χ1n) is 5.75. The molecule has 0 saturated heterocycles. The van der Waals surface area contributed by atoms with E-state index in [1.54, 1.807) is 6.20 Å². The number of rotatable bonds is 4. The predicted octanol–water partition coefficient (Wildman–Crippen LogP) is 1.92. The molecule has 0 aliphatic rings. The van der Waals surface area contributed by atoms with Crippen LogP contribution in [0.3, 0.4) is 0 Å². The molecule has 2 rings (SSSR count). The van der Waals surface area contributed by atoms with Crippen LogP contribution in [0.1, 0.15) is 24.1 Å². The van der Waals surface area contributed by atoms with Crippen molar-refractivity contribution in [1.82, 2.24) is 19.5 Å². The molecule has 1 N–H and O–H groups in total. The lowest BCUT2D eigenvalue weighted by molar-refractivity contribution is 0.760. The summed E-state index contributed by atoms with van der Waals surface area (Å²) in [4.78, 5) is 12.8. The second-order valence-corrected chi connectivity index (χ2v) is 3.94. The highest BCUT2D eigenvalue weighted by Gasteiger charge is 2.04. The summed E-state index contributed by atoms with van der Waals surface area (Å²) in [7, 11) is 0. The summed E-state index contributed by atoms with van der Waals surface area (Å²) in [5, 5.41) is 3.29. The number of aromatic nitrogens is 4. The van der Waals surface area contributed by atoms with Crippen molar-refractivity contribution in [2.45, 2.75) is 33.9 Å². The fourth-order valence-corrected chi connectivity index (χ4v) is 1.70. The molecule has 0 spiro atoms. The van der Waals surface area contributed by atoms with Crippen molar-refractivity contribution in [3.8, 4) is 0 Å². The lowest BCUT2D eigenvalue weighted by atomic mass is 10.4. The van der Waals surface area contributed by atoms with Gasteiger partial charge in [0.05, 0.1) is 17.9 Å². The van der Waals surface area contributed by atoms with Gasteiger partial charge in [0.15, 0.2) is 0 Å². The largest absolute Gasteiger partial charge is 0.350 e. The molecule has 17 heavy (non-hydrogen) atoms. The zero-order valence-corrected chi connectivity index (χ0v) is 10.4. The highest BCUT2D eigenvalue weighted by molar-refractivity contribution is 5.29. The van der Waals surface area contributed by atoms with Crippen molar-refractivity contribution in [2.24, 2.45) is 0 Å². The zero-order chi connectivity index (χ0) is 12.3. The van der Waals surface area contributed by atoms with Gasteiger partial charge in [-0.2, -0.15) is 0 Å². The number of nitrogens with zero attached hydrogens (tertiary/aromatic N) is 4. The molecule has 2 aromatic rings. The average Bonchev–Trinajstić information content (AvgIpc) is 2.67. The third-order valence-electron chi connectivity index (χ3n) is 2.50. The summed E-state index contributed by atoms with van der Waals surface area (Å²) in [6.45, 7) is 7.56. The molecule has 2 heterocycles. The minimum atomic E-state index is 0.666. The van der Waals surface area contributed by atoms with E-state index < -0.39 is 0 Å². The topological polar surface area (TPSA) is 55.6 Å². The van der Waals surface area contributed by atoms with E-state index in [2.05, 4.69) is 31.8 Å². The van der Waals surface area contributed by atoms with Gasteiger partial charge in [0, 0.05) is 18.9 Å². The maximum absolute atomic E-state index is 4.43. The maximum Gasteiger partial charge on any atom is 0.203 e. The van der Waals surface area contributed by atoms with Gasteiger partial charge in [-0.1, -0.05) is 0 Å². The van der Waals surface area contributed by atoms with Gasteiger partial charge in [-0.05, 0) is 26.8 Å². The number of hydrogen-bond acceptors (Lipinski definition) is 4. The first kappa shape index (κ1) is 11.6. The van der Waals surface area contributed by atoms with Gasteiger partial charge in [0.2, 0.25) is 5.95 Å². The van der Waals surface area contributed by atoms with E-state index in [-0.39, 0.29) is 0 Å². The van der Waals surface area contributed by atoms with Crippen molar-refractivity contribution in [1.29, 1.82) is 0 Å². The molecule has 90 valence electrons. The molecule has 0 fully saturated rings. The number of anilines is 1. The minimum Gasteiger partial charge on any atom is -0.350 e. The van der Waals surface area contributed by atoms with Gasteiger partial charge >= 0.3 is 0 Å². The normalized spacial score (nSPS) is 10.5. The first-order valence-corrected chi connectivity index (χ1v) is 5.75. The molecule has 0 bridgehead atoms.